The molecule has 1 N–H and O–H groups in total. The first-order valence-electron chi connectivity index (χ1n) is 12.3. The predicted molar refractivity (Wildman–Crippen MR) is 144 cm³/mol. The van der Waals surface area contributed by atoms with Gasteiger partial charge in [0.1, 0.15) is 25.8 Å². The molecule has 1 aliphatic heterocycles. The van der Waals surface area contributed by atoms with Gasteiger partial charge in [-0.3, -0.25) is 13.9 Å². The Kier molecular flexibility index (Phi) is 8.52. The minimum atomic E-state index is -4.14. The second-order valence-electron chi connectivity index (χ2n) is 8.77. The van der Waals surface area contributed by atoms with E-state index in [0.717, 1.165) is 9.87 Å². The highest BCUT2D eigenvalue weighted by molar-refractivity contribution is 7.92. The molecule has 0 fully saturated rings. The van der Waals surface area contributed by atoms with Gasteiger partial charge in [-0.2, -0.15) is 0 Å². The number of hydrogen-bond acceptors (Lipinski definition) is 6. The number of fused-ring (bicyclic) bond motifs is 1. The van der Waals surface area contributed by atoms with Crippen molar-refractivity contribution < 1.29 is 27.5 Å². The van der Waals surface area contributed by atoms with Crippen molar-refractivity contribution in [3.8, 4) is 11.5 Å². The molecule has 1 aliphatic rings. The lowest BCUT2D eigenvalue weighted by molar-refractivity contribution is -0.138. The summed E-state index contributed by atoms with van der Waals surface area (Å²) in [5, 5.41) is 2.58. The Morgan fingerprint density at radius 3 is 2.21 bits per heavy atom. The topological polar surface area (TPSA) is 105 Å². The fourth-order valence-electron chi connectivity index (χ4n) is 4.21. The van der Waals surface area contributed by atoms with E-state index >= 15 is 0 Å². The van der Waals surface area contributed by atoms with Gasteiger partial charge >= 0.3 is 0 Å². The van der Waals surface area contributed by atoms with E-state index in [4.69, 9.17) is 9.47 Å². The standard InChI is InChI=1S/C28H31N3O6S/c1-21(28(33)29-2)30(16-15-22-9-5-3-6-10-22)27(32)20-31(38(34,35)24-11-7-4-8-12-24)23-13-14-25-26(19-23)37-18-17-36-25/h3-14,19,21H,15-18,20H2,1-2H3,(H,29,33). The maximum atomic E-state index is 13.8. The van der Waals surface area contributed by atoms with E-state index < -0.39 is 28.5 Å². The Morgan fingerprint density at radius 2 is 1.55 bits per heavy atom. The van der Waals surface area contributed by atoms with Crippen LogP contribution in [0.2, 0.25) is 0 Å². The van der Waals surface area contributed by atoms with Crippen LogP contribution in [0.1, 0.15) is 12.5 Å². The SMILES string of the molecule is CNC(=O)C(C)N(CCc1ccccc1)C(=O)CN(c1ccc2c(c1)OCCO2)S(=O)(=O)c1ccccc1. The molecule has 0 radical (unpaired) electrons. The molecule has 4 rings (SSSR count). The lowest BCUT2D eigenvalue weighted by Gasteiger charge is -2.32. The monoisotopic (exact) mass is 537 g/mol. The summed E-state index contributed by atoms with van der Waals surface area (Å²) in [6.45, 7) is 2.08. The average molecular weight is 538 g/mol. The van der Waals surface area contributed by atoms with Gasteiger partial charge in [0, 0.05) is 19.7 Å². The zero-order valence-electron chi connectivity index (χ0n) is 21.4. The lowest BCUT2D eigenvalue weighted by atomic mass is 10.1. The molecule has 0 spiro atoms. The molecule has 0 saturated carbocycles. The Morgan fingerprint density at radius 1 is 0.921 bits per heavy atom. The summed E-state index contributed by atoms with van der Waals surface area (Å²) in [5.74, 6) is 0.0462. The lowest BCUT2D eigenvalue weighted by Crippen LogP contribution is -2.51. The second-order valence-corrected chi connectivity index (χ2v) is 10.6. The number of likely N-dealkylation sites (N-methyl/N-ethyl adjacent to an activating group) is 1. The van der Waals surface area contributed by atoms with Crippen LogP contribution in [0.25, 0.3) is 0 Å². The van der Waals surface area contributed by atoms with Crippen LogP contribution < -0.4 is 19.1 Å². The molecule has 1 heterocycles. The highest BCUT2D eigenvalue weighted by Gasteiger charge is 2.32. The van der Waals surface area contributed by atoms with Crippen LogP contribution in [0.5, 0.6) is 11.5 Å². The summed E-state index contributed by atoms with van der Waals surface area (Å²) in [6, 6.07) is 21.5. The number of rotatable bonds is 10. The van der Waals surface area contributed by atoms with Gasteiger partial charge in [0.25, 0.3) is 10.0 Å². The van der Waals surface area contributed by atoms with Crippen LogP contribution in [0.4, 0.5) is 5.69 Å². The number of amides is 2. The summed E-state index contributed by atoms with van der Waals surface area (Å²) in [4.78, 5) is 27.8. The van der Waals surface area contributed by atoms with E-state index in [0.29, 0.717) is 31.1 Å². The van der Waals surface area contributed by atoms with Crippen LogP contribution in [0.3, 0.4) is 0 Å². The number of sulfonamides is 1. The van der Waals surface area contributed by atoms with Crippen molar-refractivity contribution in [1.82, 2.24) is 10.2 Å². The van der Waals surface area contributed by atoms with Crippen LogP contribution in [-0.4, -0.2) is 64.5 Å². The molecule has 1 unspecified atom stereocenters. The third-order valence-corrected chi connectivity index (χ3v) is 8.11. The summed E-state index contributed by atoms with van der Waals surface area (Å²) < 4.78 is 39.9. The minimum Gasteiger partial charge on any atom is -0.486 e. The number of carbonyl (C=O) groups excluding carboxylic acids is 2. The summed E-state index contributed by atoms with van der Waals surface area (Å²) in [5.41, 5.74) is 1.25. The number of hydrogen-bond donors (Lipinski definition) is 1. The fraction of sp³-hybridized carbons (Fsp3) is 0.286. The van der Waals surface area contributed by atoms with Crippen LogP contribution >= 0.6 is 0 Å². The predicted octanol–water partition coefficient (Wildman–Crippen LogP) is 2.86. The Bertz CT molecular complexity index is 1370. The summed E-state index contributed by atoms with van der Waals surface area (Å²) in [7, 11) is -2.64. The second kappa shape index (κ2) is 12.0. The molecule has 3 aromatic rings. The average Bonchev–Trinajstić information content (AvgIpc) is 2.96. The van der Waals surface area contributed by atoms with Gasteiger partial charge in [-0.05, 0) is 43.2 Å². The molecule has 9 nitrogen and oxygen atoms in total. The molecule has 0 saturated heterocycles. The Labute approximate surface area is 223 Å². The highest BCUT2D eigenvalue weighted by atomic mass is 32.2. The third-order valence-electron chi connectivity index (χ3n) is 6.32. The van der Waals surface area contributed by atoms with Crippen LogP contribution in [0, 0.1) is 0 Å². The van der Waals surface area contributed by atoms with Crippen molar-refractivity contribution in [3.63, 3.8) is 0 Å². The van der Waals surface area contributed by atoms with E-state index in [2.05, 4.69) is 5.32 Å². The molecule has 38 heavy (non-hydrogen) atoms. The maximum Gasteiger partial charge on any atom is 0.264 e. The number of nitrogens with one attached hydrogen (secondary N) is 1. The molecule has 1 atom stereocenters. The van der Waals surface area contributed by atoms with Gasteiger partial charge in [0.15, 0.2) is 11.5 Å². The number of nitrogens with zero attached hydrogens (tertiary/aromatic N) is 2. The van der Waals surface area contributed by atoms with Crippen LogP contribution in [-0.2, 0) is 26.0 Å². The number of ether oxygens (including phenoxy) is 2. The molecular formula is C28H31N3O6S. The number of carbonyl (C=O) groups is 2. The van der Waals surface area contributed by atoms with Crippen molar-refractivity contribution in [2.45, 2.75) is 24.3 Å². The zero-order chi connectivity index (χ0) is 27.1. The smallest absolute Gasteiger partial charge is 0.264 e. The van der Waals surface area contributed by atoms with Gasteiger partial charge in [-0.15, -0.1) is 0 Å². The largest absolute Gasteiger partial charge is 0.486 e. The van der Waals surface area contributed by atoms with Gasteiger partial charge < -0.3 is 19.7 Å². The molecule has 0 aliphatic carbocycles. The molecule has 0 aromatic heterocycles. The molecular weight excluding hydrogens is 506 g/mol. The van der Waals surface area contributed by atoms with Crippen LogP contribution in [0.15, 0.2) is 83.8 Å². The first-order chi connectivity index (χ1) is 18.3. The molecule has 10 heteroatoms. The fourth-order valence-corrected chi connectivity index (χ4v) is 5.64. The highest BCUT2D eigenvalue weighted by Crippen LogP contribution is 2.35. The molecule has 0 bridgehead atoms. The Balaban J connectivity index is 1.69. The van der Waals surface area contributed by atoms with Crippen molar-refractivity contribution in [3.05, 3.63) is 84.4 Å². The summed E-state index contributed by atoms with van der Waals surface area (Å²) >= 11 is 0. The van der Waals surface area contributed by atoms with Crippen molar-refractivity contribution in [2.24, 2.45) is 0 Å². The number of benzene rings is 3. The van der Waals surface area contributed by atoms with Gasteiger partial charge in [-0.25, -0.2) is 8.42 Å². The zero-order valence-corrected chi connectivity index (χ0v) is 22.2. The first-order valence-corrected chi connectivity index (χ1v) is 13.8. The summed E-state index contributed by atoms with van der Waals surface area (Å²) in [6.07, 6.45) is 0.503. The van der Waals surface area contributed by atoms with Gasteiger partial charge in [0.2, 0.25) is 11.8 Å². The number of anilines is 1. The Hall–Kier alpha value is -4.05. The quantitative estimate of drug-likeness (QED) is 0.427. The van der Waals surface area contributed by atoms with Gasteiger partial charge in [-0.1, -0.05) is 48.5 Å². The van der Waals surface area contributed by atoms with E-state index in [1.807, 2.05) is 30.3 Å². The van der Waals surface area contributed by atoms with Crippen molar-refractivity contribution in [2.75, 3.05) is 37.7 Å². The van der Waals surface area contributed by atoms with Gasteiger partial charge in [0.05, 0.1) is 10.6 Å². The van der Waals surface area contributed by atoms with E-state index in [1.54, 1.807) is 43.3 Å². The molecule has 200 valence electrons. The first kappa shape index (κ1) is 27.0. The molecule has 2 amide bonds. The normalized spacial score (nSPS) is 13.3. The van der Waals surface area contributed by atoms with E-state index in [9.17, 15) is 18.0 Å². The third kappa shape index (κ3) is 6.08. The maximum absolute atomic E-state index is 13.8. The van der Waals surface area contributed by atoms with E-state index in [-0.39, 0.29) is 23.0 Å². The van der Waals surface area contributed by atoms with Crippen molar-refractivity contribution in [1.29, 1.82) is 0 Å². The minimum absolute atomic E-state index is 0.0397. The van der Waals surface area contributed by atoms with Crippen molar-refractivity contribution >= 4 is 27.5 Å². The molecule has 3 aromatic carbocycles. The van der Waals surface area contributed by atoms with E-state index in [1.165, 1.54) is 24.1 Å².